The van der Waals surface area contributed by atoms with Crippen LogP contribution < -0.4 is 0 Å². The normalized spacial score (nSPS) is 13.7. The topological polar surface area (TPSA) is 54.0 Å². The Labute approximate surface area is 52.6 Å². The lowest BCUT2D eigenvalue weighted by molar-refractivity contribution is 0.424. The van der Waals surface area contributed by atoms with Crippen LogP contribution in [-0.4, -0.2) is 14.6 Å². The molecular weight excluding hydrogens is 147 g/mol. The molecule has 5 heteroatoms. The minimum atomic E-state index is -4.57. The minimum Gasteiger partial charge on any atom is -0.234 e. The van der Waals surface area contributed by atoms with E-state index in [-0.39, 0.29) is 0 Å². The van der Waals surface area contributed by atoms with Crippen LogP contribution in [0.3, 0.4) is 0 Å². The van der Waals surface area contributed by atoms with E-state index in [1.54, 1.807) is 5.92 Å². The first kappa shape index (κ1) is 8.40. The van der Waals surface area contributed by atoms with E-state index >= 15 is 0 Å². The van der Waals surface area contributed by atoms with Crippen molar-refractivity contribution in [2.75, 3.05) is 0 Å². The first-order valence-electron chi connectivity index (χ1n) is 2.04. The van der Waals surface area contributed by atoms with Crippen molar-refractivity contribution in [3.63, 3.8) is 0 Å². The first-order chi connectivity index (χ1) is 3.92. The molecule has 1 unspecified atom stereocenters. The molecule has 1 radical (unpaired) electrons. The molecule has 0 spiro atoms. The average Bonchev–Trinajstić information content (AvgIpc) is 1.59. The summed E-state index contributed by atoms with van der Waals surface area (Å²) >= 11 is 0. The van der Waals surface area contributed by atoms with E-state index in [2.05, 4.69) is 0 Å². The quantitative estimate of drug-likeness (QED) is 0.460. The molecule has 0 heterocycles. The molecule has 3 nitrogen and oxygen atoms in total. The van der Waals surface area contributed by atoms with Crippen molar-refractivity contribution in [3.8, 4) is 11.2 Å². The molecule has 0 saturated carbocycles. The number of alkyl halides is 1. The molecule has 0 aliphatic carbocycles. The summed E-state index contributed by atoms with van der Waals surface area (Å²) < 4.78 is 40.6. The molecule has 0 aliphatic heterocycles. The van der Waals surface area contributed by atoms with Crippen LogP contribution in [0.1, 0.15) is 6.92 Å². The fourth-order valence-electron chi connectivity index (χ4n) is 0.153. The molecule has 0 saturated heterocycles. The van der Waals surface area contributed by atoms with Crippen LogP contribution in [0, 0.1) is 11.2 Å². The zero-order chi connectivity index (χ0) is 7.49. The summed E-state index contributed by atoms with van der Waals surface area (Å²) in [5.41, 5.74) is 0. The first-order valence-corrected chi connectivity index (χ1v) is 3.45. The third-order valence-corrected chi connectivity index (χ3v) is 0.751. The van der Waals surface area contributed by atoms with Gasteiger partial charge in [0.05, 0.1) is 5.25 Å². The molecule has 1 atom stereocenters. The van der Waals surface area contributed by atoms with Crippen LogP contribution in [0.4, 0.5) is 4.39 Å². The summed E-state index contributed by atoms with van der Waals surface area (Å²) in [6.45, 7) is 1.04. The molecule has 0 aliphatic rings. The summed E-state index contributed by atoms with van der Waals surface area (Å²) in [6, 6.07) is 0. The largest absolute Gasteiger partial charge is 0.365 e. The van der Waals surface area contributed by atoms with Gasteiger partial charge in [0.1, 0.15) is 0 Å². The van der Waals surface area contributed by atoms with Crippen LogP contribution >= 0.6 is 0 Å². The van der Waals surface area contributed by atoms with Gasteiger partial charge >= 0.3 is 10.1 Å². The highest BCUT2D eigenvalue weighted by Crippen LogP contribution is 1.84. The van der Waals surface area contributed by atoms with Crippen LogP contribution in [0.2, 0.25) is 0 Å². The van der Waals surface area contributed by atoms with E-state index in [9.17, 15) is 17.4 Å². The summed E-state index contributed by atoms with van der Waals surface area (Å²) in [6.07, 6.45) is -1.58. The van der Waals surface area contributed by atoms with Gasteiger partial charge in [-0.15, -0.1) is 0 Å². The van der Waals surface area contributed by atoms with E-state index in [1.165, 1.54) is 5.25 Å². The molecule has 51 valence electrons. The van der Waals surface area contributed by atoms with Crippen LogP contribution in [-0.2, 0) is 14.7 Å². The van der Waals surface area contributed by atoms with E-state index in [0.29, 0.717) is 0 Å². The molecule has 0 fully saturated rings. The zero-order valence-corrected chi connectivity index (χ0v) is 5.40. The summed E-state index contributed by atoms with van der Waals surface area (Å²) in [7, 11) is -4.57. The Morgan fingerprint density at radius 3 is 2.11 bits per heavy atom. The number of hydrogen-bond donors (Lipinski definition) is 0. The van der Waals surface area contributed by atoms with Crippen molar-refractivity contribution < 1.29 is 17.4 Å². The second-order valence-electron chi connectivity index (χ2n) is 1.32. The number of halogens is 1. The molecule has 0 N–H and O–H groups in total. The highest BCUT2D eigenvalue weighted by Gasteiger charge is 1.98. The SMILES string of the molecule is CC(F)C#CS([O])(=O)=O. The number of rotatable bonds is 0. The minimum absolute atomic E-state index is 1.04. The van der Waals surface area contributed by atoms with Gasteiger partial charge in [-0.3, -0.25) is 0 Å². The molecule has 0 aromatic rings. The van der Waals surface area contributed by atoms with Crippen molar-refractivity contribution in [2.24, 2.45) is 0 Å². The van der Waals surface area contributed by atoms with E-state index in [1.807, 2.05) is 0 Å². The Balaban J connectivity index is 4.23. The van der Waals surface area contributed by atoms with Crippen LogP contribution in [0.25, 0.3) is 0 Å². The van der Waals surface area contributed by atoms with Gasteiger partial charge in [-0.1, -0.05) is 4.55 Å². The second kappa shape index (κ2) is 2.80. The van der Waals surface area contributed by atoms with Gasteiger partial charge in [-0.2, -0.15) is 8.42 Å². The molecule has 0 bridgehead atoms. The summed E-state index contributed by atoms with van der Waals surface area (Å²) in [5, 5.41) is 1.21. The highest BCUT2D eigenvalue weighted by atomic mass is 32.2. The van der Waals surface area contributed by atoms with Gasteiger partial charge < -0.3 is 0 Å². The van der Waals surface area contributed by atoms with Gasteiger partial charge in [-0.25, -0.2) is 4.39 Å². The van der Waals surface area contributed by atoms with Gasteiger partial charge in [0.2, 0.25) is 0 Å². The lowest BCUT2D eigenvalue weighted by atomic mass is 10.5. The van der Waals surface area contributed by atoms with Crippen LogP contribution in [0.5, 0.6) is 0 Å². The highest BCUT2D eigenvalue weighted by molar-refractivity contribution is 7.90. The second-order valence-corrected chi connectivity index (χ2v) is 2.43. The number of hydrogen-bond acceptors (Lipinski definition) is 2. The Morgan fingerprint density at radius 2 is 2.00 bits per heavy atom. The Bertz CT molecular complexity index is 230. The summed E-state index contributed by atoms with van der Waals surface area (Å²) in [5.74, 6) is 1.57. The van der Waals surface area contributed by atoms with E-state index in [0.717, 1.165) is 6.92 Å². The lowest BCUT2D eigenvalue weighted by Gasteiger charge is -1.79. The third-order valence-electron chi connectivity index (χ3n) is 0.383. The zero-order valence-electron chi connectivity index (χ0n) is 4.59. The standard InChI is InChI=1S/C4H4FO3S/c1-4(5)2-3-9(6,7)8/h4H,1H3. The smallest absolute Gasteiger partial charge is 0.234 e. The Hall–Kier alpha value is -0.600. The van der Waals surface area contributed by atoms with Crippen molar-refractivity contribution in [2.45, 2.75) is 13.1 Å². The fraction of sp³-hybridized carbons (Fsp3) is 0.500. The van der Waals surface area contributed by atoms with Crippen molar-refractivity contribution in [3.05, 3.63) is 0 Å². The summed E-state index contributed by atoms with van der Waals surface area (Å²) in [4.78, 5) is 0. The van der Waals surface area contributed by atoms with Crippen molar-refractivity contribution in [1.29, 1.82) is 0 Å². The van der Waals surface area contributed by atoms with Crippen molar-refractivity contribution in [1.82, 2.24) is 0 Å². The fourth-order valence-corrected chi connectivity index (χ4v) is 0.460. The van der Waals surface area contributed by atoms with Gasteiger partial charge in [0, 0.05) is 0 Å². The molecule has 0 rings (SSSR count). The molecule has 0 aromatic heterocycles. The maximum Gasteiger partial charge on any atom is 0.365 e. The monoisotopic (exact) mass is 151 g/mol. The predicted molar refractivity (Wildman–Crippen MR) is 28.0 cm³/mol. The maximum absolute atomic E-state index is 11.7. The molecule has 0 aromatic carbocycles. The molecule has 9 heavy (non-hydrogen) atoms. The Morgan fingerprint density at radius 1 is 1.56 bits per heavy atom. The van der Waals surface area contributed by atoms with E-state index in [4.69, 9.17) is 0 Å². The third kappa shape index (κ3) is 7.40. The van der Waals surface area contributed by atoms with E-state index < -0.39 is 16.3 Å². The van der Waals surface area contributed by atoms with Gasteiger partial charge in [-0.05, 0) is 12.8 Å². The Kier molecular flexibility index (Phi) is 2.62. The predicted octanol–water partition coefficient (Wildman–Crippen LogP) is 0.0656. The maximum atomic E-state index is 11.7. The van der Waals surface area contributed by atoms with Gasteiger partial charge in [0.15, 0.2) is 6.17 Å². The lowest BCUT2D eigenvalue weighted by Crippen LogP contribution is -1.91. The molecule has 0 amide bonds. The van der Waals surface area contributed by atoms with Gasteiger partial charge in [0.25, 0.3) is 0 Å². The average molecular weight is 151 g/mol. The van der Waals surface area contributed by atoms with Crippen LogP contribution in [0.15, 0.2) is 0 Å². The van der Waals surface area contributed by atoms with Crippen molar-refractivity contribution >= 4 is 10.1 Å². The molecular formula is C4H4FO3S.